The van der Waals surface area contributed by atoms with Crippen molar-refractivity contribution in [2.24, 2.45) is 0 Å². The van der Waals surface area contributed by atoms with Gasteiger partial charge in [0.2, 0.25) is 0 Å². The summed E-state index contributed by atoms with van der Waals surface area (Å²) in [5, 5.41) is 0. The molecule has 0 radical (unpaired) electrons. The zero-order chi connectivity index (χ0) is 5.98. The Morgan fingerprint density at radius 3 is 2.33 bits per heavy atom. The second-order valence-corrected chi connectivity index (χ2v) is 2.88. The molecule has 1 nitrogen and oxygen atoms in total. The summed E-state index contributed by atoms with van der Waals surface area (Å²) in [6, 6.07) is 3.80. The fraction of sp³-hybridized carbons (Fsp3) is 0. The lowest BCUT2D eigenvalue weighted by Gasteiger charge is -1.88. The van der Waals surface area contributed by atoms with Gasteiger partial charge >= 0.3 is 0 Å². The van der Waals surface area contributed by atoms with E-state index in [1.807, 2.05) is 12.1 Å². The molecule has 1 rings (SSSR count). The highest BCUT2D eigenvalue weighted by Crippen LogP contribution is 2.17. The Hall–Kier alpha value is 0.400. The van der Waals surface area contributed by atoms with E-state index in [4.69, 9.17) is 0 Å². The van der Waals surface area contributed by atoms with Gasteiger partial charge < -0.3 is 0 Å². The minimum Gasteiger partial charge on any atom is -0.248 e. The normalized spacial score (nSPS) is 8.22. The highest BCUT2D eigenvalue weighted by atomic mass is 79.9. The van der Waals surface area contributed by atoms with Crippen molar-refractivity contribution in [3.8, 4) is 0 Å². The van der Waals surface area contributed by atoms with E-state index < -0.39 is 0 Å². The van der Waals surface area contributed by atoms with Gasteiger partial charge in [-0.3, -0.25) is 0 Å². The van der Waals surface area contributed by atoms with Crippen LogP contribution in [0.2, 0.25) is 0 Å². The Bertz CT molecular complexity index is 171. The molecule has 0 aliphatic carbocycles. The zero-order valence-electron chi connectivity index (χ0n) is 4.34. The number of pyridine rings is 1. The second-order valence-electron chi connectivity index (χ2n) is 1.28. The van der Waals surface area contributed by atoms with Crippen molar-refractivity contribution in [3.05, 3.63) is 27.4 Å². The summed E-state index contributed by atoms with van der Waals surface area (Å²) in [4.78, 5) is 3.95. The Morgan fingerprint density at radius 1 is 1.33 bits per heavy atom. The van der Waals surface area contributed by atoms with Crippen LogP contribution in [0.1, 0.15) is 0 Å². The summed E-state index contributed by atoms with van der Waals surface area (Å²) >= 11 is 6.52. The summed E-state index contributed by atoms with van der Waals surface area (Å²) in [6.45, 7) is 0. The van der Waals surface area contributed by atoms with Crippen molar-refractivity contribution in [1.82, 2.24) is 4.98 Å². The summed E-state index contributed by atoms with van der Waals surface area (Å²) in [6.07, 6.45) is 1.73. The van der Waals surface area contributed by atoms with Gasteiger partial charge in [0.1, 0.15) is 4.60 Å². The first-order valence-electron chi connectivity index (χ1n) is 2.07. The number of halogens is 3. The van der Waals surface area contributed by atoms with Gasteiger partial charge in [0.15, 0.2) is 0 Å². The molecule has 0 atom stereocenters. The smallest absolute Gasteiger partial charge is 0.120 e. The molecule has 9 heavy (non-hydrogen) atoms. The molecule has 0 fully saturated rings. The average Bonchev–Trinajstić information content (AvgIpc) is 1.77. The maximum absolute atomic E-state index is 3.95. The molecule has 0 saturated heterocycles. The molecule has 1 aromatic rings. The van der Waals surface area contributed by atoms with Gasteiger partial charge in [-0.15, -0.1) is 12.4 Å². The molecule has 0 unspecified atom stereocenters. The van der Waals surface area contributed by atoms with Crippen LogP contribution in [0.15, 0.2) is 27.4 Å². The first kappa shape index (κ1) is 9.40. The van der Waals surface area contributed by atoms with Gasteiger partial charge in [0.25, 0.3) is 0 Å². The Balaban J connectivity index is 0.000000640. The van der Waals surface area contributed by atoms with E-state index in [0.717, 1.165) is 9.08 Å². The molecule has 50 valence electrons. The summed E-state index contributed by atoms with van der Waals surface area (Å²) in [7, 11) is 0. The van der Waals surface area contributed by atoms with Crippen LogP contribution in [-0.2, 0) is 0 Å². The molecule has 0 aliphatic rings. The number of hydrogen-bond acceptors (Lipinski definition) is 1. The van der Waals surface area contributed by atoms with Crippen LogP contribution in [0.25, 0.3) is 0 Å². The van der Waals surface area contributed by atoms with Gasteiger partial charge in [-0.25, -0.2) is 4.98 Å². The largest absolute Gasteiger partial charge is 0.248 e. The third kappa shape index (κ3) is 2.65. The van der Waals surface area contributed by atoms with Gasteiger partial charge in [-0.1, -0.05) is 0 Å². The Morgan fingerprint density at radius 2 is 2.00 bits per heavy atom. The Labute approximate surface area is 76.5 Å². The van der Waals surface area contributed by atoms with E-state index in [2.05, 4.69) is 36.8 Å². The summed E-state index contributed by atoms with van der Waals surface area (Å²) < 4.78 is 1.83. The Kier molecular flexibility index (Phi) is 4.44. The van der Waals surface area contributed by atoms with E-state index in [1.54, 1.807) is 6.20 Å². The van der Waals surface area contributed by atoms with Crippen LogP contribution in [0.5, 0.6) is 0 Å². The molecule has 0 saturated carbocycles. The minimum absolute atomic E-state index is 0. The molecule has 0 amide bonds. The fourth-order valence-electron chi connectivity index (χ4n) is 0.366. The standard InChI is InChI=1S/C5H3Br2N.ClH/c6-4-2-1-3-8-5(4)7;/h1-3H;1H. The molecule has 0 N–H and O–H groups in total. The van der Waals surface area contributed by atoms with Gasteiger partial charge in [-0.05, 0) is 44.0 Å². The van der Waals surface area contributed by atoms with Crippen LogP contribution >= 0.6 is 44.3 Å². The fourth-order valence-corrected chi connectivity index (χ4v) is 0.872. The number of hydrogen-bond donors (Lipinski definition) is 0. The topological polar surface area (TPSA) is 12.9 Å². The monoisotopic (exact) mass is 271 g/mol. The van der Waals surface area contributed by atoms with Crippen molar-refractivity contribution >= 4 is 44.3 Å². The minimum atomic E-state index is 0. The highest BCUT2D eigenvalue weighted by Gasteiger charge is 1.90. The lowest BCUT2D eigenvalue weighted by atomic mass is 10.5. The molecular weight excluding hydrogens is 269 g/mol. The third-order valence-corrected chi connectivity index (χ3v) is 2.52. The number of rotatable bonds is 0. The third-order valence-electron chi connectivity index (χ3n) is 0.714. The van der Waals surface area contributed by atoms with Crippen LogP contribution < -0.4 is 0 Å². The van der Waals surface area contributed by atoms with E-state index in [1.165, 1.54) is 0 Å². The molecule has 0 bridgehead atoms. The average molecular weight is 273 g/mol. The SMILES string of the molecule is Brc1cccnc1Br.Cl. The van der Waals surface area contributed by atoms with Crippen molar-refractivity contribution in [2.75, 3.05) is 0 Å². The predicted octanol–water partition coefficient (Wildman–Crippen LogP) is 3.03. The molecule has 1 aromatic heterocycles. The molecule has 4 heteroatoms. The number of aromatic nitrogens is 1. The van der Waals surface area contributed by atoms with E-state index in [9.17, 15) is 0 Å². The quantitative estimate of drug-likeness (QED) is 0.662. The lowest BCUT2D eigenvalue weighted by Crippen LogP contribution is -1.71. The van der Waals surface area contributed by atoms with Crippen LogP contribution in [0.3, 0.4) is 0 Å². The summed E-state index contributed by atoms with van der Waals surface area (Å²) in [5.41, 5.74) is 0. The predicted molar refractivity (Wildman–Crippen MR) is 46.9 cm³/mol. The zero-order valence-corrected chi connectivity index (χ0v) is 8.33. The van der Waals surface area contributed by atoms with Crippen LogP contribution in [-0.4, -0.2) is 4.98 Å². The van der Waals surface area contributed by atoms with E-state index in [0.29, 0.717) is 0 Å². The van der Waals surface area contributed by atoms with Crippen molar-refractivity contribution < 1.29 is 0 Å². The van der Waals surface area contributed by atoms with Crippen LogP contribution in [0.4, 0.5) is 0 Å². The van der Waals surface area contributed by atoms with Gasteiger partial charge in [0.05, 0.1) is 4.47 Å². The number of nitrogens with zero attached hydrogens (tertiary/aromatic N) is 1. The summed E-state index contributed by atoms with van der Waals surface area (Å²) in [5.74, 6) is 0. The van der Waals surface area contributed by atoms with Crippen molar-refractivity contribution in [2.45, 2.75) is 0 Å². The maximum Gasteiger partial charge on any atom is 0.120 e. The van der Waals surface area contributed by atoms with Crippen molar-refractivity contribution in [1.29, 1.82) is 0 Å². The second kappa shape index (κ2) is 4.25. The van der Waals surface area contributed by atoms with E-state index in [-0.39, 0.29) is 12.4 Å². The molecule has 0 aliphatic heterocycles. The molecule has 0 aromatic carbocycles. The molecule has 0 spiro atoms. The van der Waals surface area contributed by atoms with Gasteiger partial charge in [-0.2, -0.15) is 0 Å². The van der Waals surface area contributed by atoms with Gasteiger partial charge in [0, 0.05) is 6.20 Å². The van der Waals surface area contributed by atoms with Crippen molar-refractivity contribution in [3.63, 3.8) is 0 Å². The first-order valence-corrected chi connectivity index (χ1v) is 3.65. The lowest BCUT2D eigenvalue weighted by molar-refractivity contribution is 1.26. The van der Waals surface area contributed by atoms with Crippen LogP contribution in [0, 0.1) is 0 Å². The highest BCUT2D eigenvalue weighted by molar-refractivity contribution is 9.13. The molecule has 1 heterocycles. The van der Waals surface area contributed by atoms with E-state index >= 15 is 0 Å². The molecular formula is C5H4Br2ClN. The maximum atomic E-state index is 3.95. The first-order chi connectivity index (χ1) is 3.80.